The molecule has 10 heteroatoms. The van der Waals surface area contributed by atoms with E-state index in [4.69, 9.17) is 9.47 Å². The summed E-state index contributed by atoms with van der Waals surface area (Å²) in [5.41, 5.74) is -0.361. The van der Waals surface area contributed by atoms with Crippen molar-refractivity contribution in [1.82, 2.24) is 4.90 Å². The number of nitrogens with one attached hydrogen (secondary N) is 1. The molecule has 1 aromatic carbocycles. The molecule has 1 saturated carbocycles. The normalized spacial score (nSPS) is 19.4. The first-order valence-electron chi connectivity index (χ1n) is 9.97. The lowest BCUT2D eigenvalue weighted by Crippen LogP contribution is -2.38. The lowest BCUT2D eigenvalue weighted by atomic mass is 9.94. The number of anilines is 1. The van der Waals surface area contributed by atoms with Crippen LogP contribution in [0.3, 0.4) is 0 Å². The third kappa shape index (κ3) is 5.05. The highest BCUT2D eigenvalue weighted by atomic mass is 16.6. The quantitative estimate of drug-likeness (QED) is 0.408. The summed E-state index contributed by atoms with van der Waals surface area (Å²) in [7, 11) is 1.40. The minimum atomic E-state index is -0.715. The van der Waals surface area contributed by atoms with E-state index in [1.165, 1.54) is 31.7 Å². The van der Waals surface area contributed by atoms with E-state index in [9.17, 15) is 24.5 Å². The molecule has 162 valence electrons. The Kier molecular flexibility index (Phi) is 6.86. The van der Waals surface area contributed by atoms with Crippen molar-refractivity contribution in [2.45, 2.75) is 44.6 Å². The number of ether oxygens (including phenoxy) is 2. The zero-order valence-corrected chi connectivity index (χ0v) is 16.8. The summed E-state index contributed by atoms with van der Waals surface area (Å²) >= 11 is 0. The highest BCUT2D eigenvalue weighted by molar-refractivity contribution is 5.95. The highest BCUT2D eigenvalue weighted by Crippen LogP contribution is 2.30. The fraction of sp³-hybridized carbons (Fsp3) is 0.550. The molecular weight excluding hydrogens is 394 g/mol. The number of methoxy groups -OCH3 is 1. The van der Waals surface area contributed by atoms with Crippen molar-refractivity contribution in [3.63, 3.8) is 0 Å². The second-order valence-electron chi connectivity index (χ2n) is 7.54. The summed E-state index contributed by atoms with van der Waals surface area (Å²) < 4.78 is 10.1. The van der Waals surface area contributed by atoms with E-state index >= 15 is 0 Å². The fourth-order valence-corrected chi connectivity index (χ4v) is 3.98. The molecule has 1 atom stereocenters. The van der Waals surface area contributed by atoms with E-state index in [1.807, 2.05) is 0 Å². The Labute approximate surface area is 173 Å². The fourth-order valence-electron chi connectivity index (χ4n) is 3.98. The van der Waals surface area contributed by atoms with Gasteiger partial charge in [0.15, 0.2) is 6.61 Å². The average Bonchev–Trinajstić information content (AvgIpc) is 3.14. The van der Waals surface area contributed by atoms with Gasteiger partial charge in [-0.15, -0.1) is 0 Å². The van der Waals surface area contributed by atoms with Crippen LogP contribution in [0.5, 0.6) is 5.75 Å². The number of amides is 2. The van der Waals surface area contributed by atoms with Gasteiger partial charge in [-0.1, -0.05) is 19.3 Å². The van der Waals surface area contributed by atoms with Gasteiger partial charge in [0, 0.05) is 31.1 Å². The van der Waals surface area contributed by atoms with Crippen LogP contribution in [0.2, 0.25) is 0 Å². The first kappa shape index (κ1) is 21.5. The SMILES string of the molecule is COc1ccc([N+](=O)[O-])c(NC(=O)COC(=O)[C@@H]2CC(=O)N(C3CCCCC3)C2)c1. The number of esters is 1. The number of hydrogen-bond acceptors (Lipinski definition) is 7. The van der Waals surface area contributed by atoms with Gasteiger partial charge in [-0.3, -0.25) is 24.5 Å². The Morgan fingerprint density at radius 2 is 2.00 bits per heavy atom. The maximum absolute atomic E-state index is 12.3. The number of nitrogens with zero attached hydrogens (tertiary/aromatic N) is 2. The third-order valence-electron chi connectivity index (χ3n) is 5.53. The largest absolute Gasteiger partial charge is 0.497 e. The van der Waals surface area contributed by atoms with E-state index in [0.29, 0.717) is 12.3 Å². The van der Waals surface area contributed by atoms with Gasteiger partial charge in [0.1, 0.15) is 11.4 Å². The molecule has 2 fully saturated rings. The molecule has 30 heavy (non-hydrogen) atoms. The first-order chi connectivity index (χ1) is 14.4. The van der Waals surface area contributed by atoms with E-state index in [0.717, 1.165) is 25.7 Å². The van der Waals surface area contributed by atoms with Gasteiger partial charge >= 0.3 is 5.97 Å². The summed E-state index contributed by atoms with van der Waals surface area (Å²) in [5.74, 6) is -1.65. The van der Waals surface area contributed by atoms with Crippen LogP contribution < -0.4 is 10.1 Å². The minimum absolute atomic E-state index is 0.0553. The zero-order valence-electron chi connectivity index (χ0n) is 16.8. The monoisotopic (exact) mass is 419 g/mol. The van der Waals surface area contributed by atoms with E-state index < -0.39 is 29.3 Å². The Morgan fingerprint density at radius 1 is 1.27 bits per heavy atom. The van der Waals surface area contributed by atoms with Crippen molar-refractivity contribution in [1.29, 1.82) is 0 Å². The van der Waals surface area contributed by atoms with Gasteiger partial charge in [-0.05, 0) is 18.9 Å². The topological polar surface area (TPSA) is 128 Å². The Hall–Kier alpha value is -3.17. The number of rotatable bonds is 7. The van der Waals surface area contributed by atoms with Crippen LogP contribution in [0, 0.1) is 16.0 Å². The van der Waals surface area contributed by atoms with E-state index in [1.54, 1.807) is 4.90 Å². The maximum Gasteiger partial charge on any atom is 0.311 e. The van der Waals surface area contributed by atoms with Crippen molar-refractivity contribution < 1.29 is 28.8 Å². The van der Waals surface area contributed by atoms with Crippen LogP contribution >= 0.6 is 0 Å². The van der Waals surface area contributed by atoms with Gasteiger partial charge in [0.2, 0.25) is 5.91 Å². The molecule has 2 aliphatic rings. The lowest BCUT2D eigenvalue weighted by molar-refractivity contribution is -0.383. The summed E-state index contributed by atoms with van der Waals surface area (Å²) in [6.07, 6.45) is 5.33. The van der Waals surface area contributed by atoms with Crippen LogP contribution in [0.4, 0.5) is 11.4 Å². The maximum atomic E-state index is 12.3. The molecule has 0 aromatic heterocycles. The average molecular weight is 419 g/mol. The molecule has 1 heterocycles. The first-order valence-corrected chi connectivity index (χ1v) is 9.97. The Balaban J connectivity index is 1.53. The number of likely N-dealkylation sites (tertiary alicyclic amines) is 1. The predicted octanol–water partition coefficient (Wildman–Crippen LogP) is 2.27. The molecule has 1 aromatic rings. The van der Waals surface area contributed by atoms with Crippen molar-refractivity contribution in [2.24, 2.45) is 5.92 Å². The van der Waals surface area contributed by atoms with Crippen molar-refractivity contribution >= 4 is 29.2 Å². The van der Waals surface area contributed by atoms with Crippen LogP contribution in [0.25, 0.3) is 0 Å². The number of nitro groups is 1. The summed E-state index contributed by atoms with van der Waals surface area (Å²) in [6, 6.07) is 4.11. The van der Waals surface area contributed by atoms with Crippen LogP contribution in [0.1, 0.15) is 38.5 Å². The molecule has 1 aliphatic heterocycles. The number of benzene rings is 1. The minimum Gasteiger partial charge on any atom is -0.497 e. The van der Waals surface area contributed by atoms with Crippen LogP contribution in [-0.4, -0.2) is 53.9 Å². The number of carbonyl (C=O) groups excluding carboxylic acids is 3. The van der Waals surface area contributed by atoms with E-state index in [-0.39, 0.29) is 29.7 Å². The molecule has 0 spiro atoms. The third-order valence-corrected chi connectivity index (χ3v) is 5.53. The highest BCUT2D eigenvalue weighted by Gasteiger charge is 2.39. The molecule has 10 nitrogen and oxygen atoms in total. The number of hydrogen-bond donors (Lipinski definition) is 1. The van der Waals surface area contributed by atoms with Crippen LogP contribution in [0.15, 0.2) is 18.2 Å². The second kappa shape index (κ2) is 9.55. The standard InChI is InChI=1S/C20H25N3O7/c1-29-15-7-8-17(23(27)28)16(10-15)21-18(24)12-30-20(26)13-9-19(25)22(11-13)14-5-3-2-4-6-14/h7-8,10,13-14H,2-6,9,11-12H2,1H3,(H,21,24)/t13-/m1/s1. The smallest absolute Gasteiger partial charge is 0.311 e. The summed E-state index contributed by atoms with van der Waals surface area (Å²) in [5, 5.41) is 13.5. The molecule has 1 N–H and O–H groups in total. The van der Waals surface area contributed by atoms with Gasteiger partial charge in [-0.2, -0.15) is 0 Å². The van der Waals surface area contributed by atoms with Gasteiger partial charge < -0.3 is 19.7 Å². The predicted molar refractivity (Wildman–Crippen MR) is 106 cm³/mol. The van der Waals surface area contributed by atoms with Crippen LogP contribution in [-0.2, 0) is 19.1 Å². The number of nitro benzene ring substituents is 1. The Bertz CT molecular complexity index is 836. The molecule has 0 bridgehead atoms. The molecule has 0 radical (unpaired) electrons. The van der Waals surface area contributed by atoms with Crippen molar-refractivity contribution in [3.8, 4) is 5.75 Å². The molecular formula is C20H25N3O7. The van der Waals surface area contributed by atoms with Gasteiger partial charge in [0.05, 0.1) is 18.0 Å². The summed E-state index contributed by atoms with van der Waals surface area (Å²) in [6.45, 7) is -0.285. The van der Waals surface area contributed by atoms with Crippen molar-refractivity contribution in [3.05, 3.63) is 28.3 Å². The second-order valence-corrected chi connectivity index (χ2v) is 7.54. The number of carbonyl (C=O) groups is 3. The molecule has 2 amide bonds. The zero-order chi connectivity index (χ0) is 21.7. The van der Waals surface area contributed by atoms with Gasteiger partial charge in [0.25, 0.3) is 11.6 Å². The summed E-state index contributed by atoms with van der Waals surface area (Å²) in [4.78, 5) is 49.0. The van der Waals surface area contributed by atoms with Gasteiger partial charge in [-0.25, -0.2) is 0 Å². The molecule has 0 unspecified atom stereocenters. The lowest BCUT2D eigenvalue weighted by Gasteiger charge is -2.31. The molecule has 1 aliphatic carbocycles. The molecule has 1 saturated heterocycles. The Morgan fingerprint density at radius 3 is 2.67 bits per heavy atom. The molecule has 3 rings (SSSR count). The van der Waals surface area contributed by atoms with E-state index in [2.05, 4.69) is 5.32 Å². The van der Waals surface area contributed by atoms with Crippen molar-refractivity contribution in [2.75, 3.05) is 25.6 Å².